The fourth-order valence-corrected chi connectivity index (χ4v) is 2.87. The number of halogens is 2. The monoisotopic (exact) mass is 349 g/mol. The zero-order chi connectivity index (χ0) is 17.1. The van der Waals surface area contributed by atoms with E-state index in [-0.39, 0.29) is 16.6 Å². The SMILES string of the molecule is COc1ccc(N2CCN(C(=O)c3ccnc(Cl)c3F)CC2)cc1. The van der Waals surface area contributed by atoms with E-state index >= 15 is 0 Å². The van der Waals surface area contributed by atoms with Crippen LogP contribution in [0.25, 0.3) is 0 Å². The lowest BCUT2D eigenvalue weighted by atomic mass is 10.2. The van der Waals surface area contributed by atoms with E-state index in [1.165, 1.54) is 12.3 Å². The molecule has 0 spiro atoms. The molecule has 7 heteroatoms. The second kappa shape index (κ2) is 7.05. The van der Waals surface area contributed by atoms with Crippen LogP contribution in [0.15, 0.2) is 36.5 Å². The van der Waals surface area contributed by atoms with Crippen molar-refractivity contribution in [2.24, 2.45) is 0 Å². The van der Waals surface area contributed by atoms with Gasteiger partial charge in [0.2, 0.25) is 0 Å². The van der Waals surface area contributed by atoms with Gasteiger partial charge in [0.05, 0.1) is 12.7 Å². The number of hydrogen-bond donors (Lipinski definition) is 0. The molecule has 1 amide bonds. The van der Waals surface area contributed by atoms with Gasteiger partial charge in [0.1, 0.15) is 5.75 Å². The van der Waals surface area contributed by atoms with Gasteiger partial charge in [-0.15, -0.1) is 0 Å². The Morgan fingerprint density at radius 1 is 1.17 bits per heavy atom. The van der Waals surface area contributed by atoms with E-state index in [9.17, 15) is 9.18 Å². The van der Waals surface area contributed by atoms with Gasteiger partial charge < -0.3 is 14.5 Å². The number of carbonyl (C=O) groups is 1. The number of amides is 1. The molecule has 1 aliphatic rings. The largest absolute Gasteiger partial charge is 0.497 e. The molecule has 0 bridgehead atoms. The van der Waals surface area contributed by atoms with Crippen LogP contribution < -0.4 is 9.64 Å². The first kappa shape index (κ1) is 16.5. The first-order valence-electron chi connectivity index (χ1n) is 7.58. The number of ether oxygens (including phenoxy) is 1. The normalized spacial score (nSPS) is 14.6. The standard InChI is InChI=1S/C17H17ClFN3O2/c1-24-13-4-2-12(3-5-13)21-8-10-22(11-9-21)17(23)14-6-7-20-16(18)15(14)19/h2-7H,8-11H2,1H3. The van der Waals surface area contributed by atoms with Gasteiger partial charge in [-0.2, -0.15) is 0 Å². The topological polar surface area (TPSA) is 45.7 Å². The Kier molecular flexibility index (Phi) is 4.85. The fourth-order valence-electron chi connectivity index (χ4n) is 2.71. The third-order valence-corrected chi connectivity index (χ3v) is 4.35. The number of piperazine rings is 1. The Balaban J connectivity index is 1.66. The summed E-state index contributed by atoms with van der Waals surface area (Å²) < 4.78 is 19.1. The Labute approximate surface area is 144 Å². The molecule has 1 aliphatic heterocycles. The Morgan fingerprint density at radius 3 is 2.46 bits per heavy atom. The summed E-state index contributed by atoms with van der Waals surface area (Å²) >= 11 is 5.65. The number of carbonyl (C=O) groups excluding carboxylic acids is 1. The number of hydrogen-bond acceptors (Lipinski definition) is 4. The molecule has 1 fully saturated rings. The molecule has 2 aromatic rings. The molecule has 3 rings (SSSR count). The molecule has 5 nitrogen and oxygen atoms in total. The number of aromatic nitrogens is 1. The highest BCUT2D eigenvalue weighted by atomic mass is 35.5. The number of nitrogens with zero attached hydrogens (tertiary/aromatic N) is 3. The van der Waals surface area contributed by atoms with E-state index in [0.29, 0.717) is 26.2 Å². The number of anilines is 1. The summed E-state index contributed by atoms with van der Waals surface area (Å²) in [4.78, 5) is 19.9. The predicted molar refractivity (Wildman–Crippen MR) is 90.3 cm³/mol. The minimum Gasteiger partial charge on any atom is -0.497 e. The third-order valence-electron chi connectivity index (χ3n) is 4.08. The summed E-state index contributed by atoms with van der Waals surface area (Å²) in [6.07, 6.45) is 1.34. The zero-order valence-corrected chi connectivity index (χ0v) is 14.0. The van der Waals surface area contributed by atoms with E-state index in [1.807, 2.05) is 24.3 Å². The van der Waals surface area contributed by atoms with E-state index < -0.39 is 5.82 Å². The van der Waals surface area contributed by atoms with Crippen molar-refractivity contribution >= 4 is 23.2 Å². The summed E-state index contributed by atoms with van der Waals surface area (Å²) in [6, 6.07) is 9.14. The first-order chi connectivity index (χ1) is 11.6. The molecule has 0 N–H and O–H groups in total. The fraction of sp³-hybridized carbons (Fsp3) is 0.294. The van der Waals surface area contributed by atoms with Crippen molar-refractivity contribution in [3.63, 3.8) is 0 Å². The van der Waals surface area contributed by atoms with Crippen LogP contribution in [0.5, 0.6) is 5.75 Å². The molecule has 0 unspecified atom stereocenters. The van der Waals surface area contributed by atoms with Crippen LogP contribution in [0, 0.1) is 5.82 Å². The molecule has 1 aromatic heterocycles. The Hall–Kier alpha value is -2.34. The van der Waals surface area contributed by atoms with Gasteiger partial charge in [-0.05, 0) is 30.3 Å². The van der Waals surface area contributed by atoms with Crippen molar-refractivity contribution in [2.45, 2.75) is 0 Å². The summed E-state index contributed by atoms with van der Waals surface area (Å²) in [5, 5.41) is -0.280. The molecule has 126 valence electrons. The van der Waals surface area contributed by atoms with Gasteiger partial charge in [0, 0.05) is 38.1 Å². The minimum atomic E-state index is -0.762. The average molecular weight is 350 g/mol. The molecule has 0 saturated carbocycles. The van der Waals surface area contributed by atoms with Gasteiger partial charge in [0.15, 0.2) is 11.0 Å². The maximum absolute atomic E-state index is 14.0. The van der Waals surface area contributed by atoms with Crippen LogP contribution in [0.2, 0.25) is 5.15 Å². The van der Waals surface area contributed by atoms with Crippen molar-refractivity contribution in [1.82, 2.24) is 9.88 Å². The lowest BCUT2D eigenvalue weighted by molar-refractivity contribution is 0.0742. The Morgan fingerprint density at radius 2 is 1.83 bits per heavy atom. The van der Waals surface area contributed by atoms with Gasteiger partial charge in [-0.3, -0.25) is 4.79 Å². The van der Waals surface area contributed by atoms with Crippen molar-refractivity contribution in [1.29, 1.82) is 0 Å². The van der Waals surface area contributed by atoms with Crippen molar-refractivity contribution in [2.75, 3.05) is 38.2 Å². The van der Waals surface area contributed by atoms with E-state index in [4.69, 9.17) is 16.3 Å². The lowest BCUT2D eigenvalue weighted by Crippen LogP contribution is -2.49. The van der Waals surface area contributed by atoms with Crippen LogP contribution >= 0.6 is 11.6 Å². The molecule has 0 radical (unpaired) electrons. The van der Waals surface area contributed by atoms with E-state index in [1.54, 1.807) is 12.0 Å². The molecule has 24 heavy (non-hydrogen) atoms. The van der Waals surface area contributed by atoms with Crippen molar-refractivity contribution in [3.05, 3.63) is 53.1 Å². The maximum Gasteiger partial charge on any atom is 0.257 e. The molecular formula is C17H17ClFN3O2. The average Bonchev–Trinajstić information content (AvgIpc) is 2.64. The predicted octanol–water partition coefficient (Wildman–Crippen LogP) is 2.85. The summed E-state index contributed by atoms with van der Waals surface area (Å²) in [5.41, 5.74) is 1.04. The van der Waals surface area contributed by atoms with Gasteiger partial charge in [-0.1, -0.05) is 11.6 Å². The number of benzene rings is 1. The number of methoxy groups -OCH3 is 1. The highest BCUT2D eigenvalue weighted by molar-refractivity contribution is 6.29. The molecule has 0 atom stereocenters. The quantitative estimate of drug-likeness (QED) is 0.799. The van der Waals surface area contributed by atoms with Crippen LogP contribution in [-0.4, -0.2) is 49.1 Å². The van der Waals surface area contributed by atoms with Crippen LogP contribution in [0.3, 0.4) is 0 Å². The van der Waals surface area contributed by atoms with Crippen molar-refractivity contribution in [3.8, 4) is 5.75 Å². The maximum atomic E-state index is 14.0. The van der Waals surface area contributed by atoms with Crippen LogP contribution in [0.1, 0.15) is 10.4 Å². The summed E-state index contributed by atoms with van der Waals surface area (Å²) in [7, 11) is 1.63. The second-order valence-corrected chi connectivity index (χ2v) is 5.80. The minimum absolute atomic E-state index is 0.0344. The highest BCUT2D eigenvalue weighted by Gasteiger charge is 2.25. The van der Waals surface area contributed by atoms with E-state index in [0.717, 1.165) is 11.4 Å². The number of pyridine rings is 1. The molecule has 1 aromatic carbocycles. The van der Waals surface area contributed by atoms with Gasteiger partial charge in [-0.25, -0.2) is 9.37 Å². The van der Waals surface area contributed by atoms with Gasteiger partial charge >= 0.3 is 0 Å². The number of rotatable bonds is 3. The molecule has 2 heterocycles. The first-order valence-corrected chi connectivity index (χ1v) is 7.96. The van der Waals surface area contributed by atoms with Crippen LogP contribution in [0.4, 0.5) is 10.1 Å². The van der Waals surface area contributed by atoms with E-state index in [2.05, 4.69) is 9.88 Å². The molecule has 1 saturated heterocycles. The zero-order valence-electron chi connectivity index (χ0n) is 13.2. The molecule has 0 aliphatic carbocycles. The highest BCUT2D eigenvalue weighted by Crippen LogP contribution is 2.22. The smallest absolute Gasteiger partial charge is 0.257 e. The molecular weight excluding hydrogens is 333 g/mol. The lowest BCUT2D eigenvalue weighted by Gasteiger charge is -2.36. The van der Waals surface area contributed by atoms with Crippen LogP contribution in [-0.2, 0) is 0 Å². The third kappa shape index (κ3) is 3.28. The van der Waals surface area contributed by atoms with Crippen molar-refractivity contribution < 1.29 is 13.9 Å². The summed E-state index contributed by atoms with van der Waals surface area (Å²) in [5.74, 6) is -0.314. The second-order valence-electron chi connectivity index (χ2n) is 5.44. The van der Waals surface area contributed by atoms with Gasteiger partial charge in [0.25, 0.3) is 5.91 Å². The summed E-state index contributed by atoms with van der Waals surface area (Å²) in [6.45, 7) is 2.39. The Bertz CT molecular complexity index is 731.